The molecule has 3 N–H and O–H groups in total. The van der Waals surface area contributed by atoms with Gasteiger partial charge in [0.15, 0.2) is 0 Å². The van der Waals surface area contributed by atoms with Crippen LogP contribution < -0.4 is 10.6 Å². The molecule has 3 saturated carbocycles. The van der Waals surface area contributed by atoms with Gasteiger partial charge in [-0.2, -0.15) is 10.4 Å². The Bertz CT molecular complexity index is 1710. The molecule has 1 atom stereocenters. The van der Waals surface area contributed by atoms with Gasteiger partial charge in [-0.25, -0.2) is 8.91 Å². The van der Waals surface area contributed by atoms with Crippen molar-refractivity contribution in [1.29, 1.82) is 5.26 Å². The van der Waals surface area contributed by atoms with Gasteiger partial charge in [-0.05, 0) is 76.6 Å². The minimum absolute atomic E-state index is 0.0601. The quantitative estimate of drug-likeness (QED) is 0.378. The molecule has 216 valence electrons. The Morgan fingerprint density at radius 2 is 1.93 bits per heavy atom. The summed E-state index contributed by atoms with van der Waals surface area (Å²) in [6.45, 7) is -4.11. The van der Waals surface area contributed by atoms with Gasteiger partial charge in [0.05, 0.1) is 52.1 Å². The van der Waals surface area contributed by atoms with E-state index in [4.69, 9.17) is 8.22 Å². The number of anilines is 1. The van der Waals surface area contributed by atoms with E-state index in [2.05, 4.69) is 20.7 Å². The Kier molecular flexibility index (Phi) is 5.51. The van der Waals surface area contributed by atoms with Crippen LogP contribution in [0, 0.1) is 16.7 Å². The van der Waals surface area contributed by atoms with Gasteiger partial charge in [0.25, 0.3) is 5.91 Å². The molecule has 0 saturated heterocycles. The fraction of sp³-hybridized carbons (Fsp3) is 0.500. The minimum atomic E-state index is -3.13. The van der Waals surface area contributed by atoms with E-state index in [0.29, 0.717) is 47.4 Å². The van der Waals surface area contributed by atoms with E-state index in [1.54, 1.807) is 28.8 Å². The number of pyridine rings is 1. The van der Waals surface area contributed by atoms with Crippen LogP contribution in [0.15, 0.2) is 36.7 Å². The van der Waals surface area contributed by atoms with E-state index in [1.165, 1.54) is 26.2 Å². The highest BCUT2D eigenvalue weighted by Crippen LogP contribution is 2.54. The maximum Gasteiger partial charge on any atom is 0.255 e. The van der Waals surface area contributed by atoms with Crippen LogP contribution in [0.2, 0.25) is 0 Å². The average molecular weight is 568 g/mol. The number of carbonyl (C=O) groups is 2. The van der Waals surface area contributed by atoms with Crippen molar-refractivity contribution in [3.63, 3.8) is 0 Å². The standard InChI is InChI=1S/C30H36FN7O3/c1-28(2,41)25(31)18-34-26(39)21-17-33-23(24-6-5-20-13-19(15-32)16-35-38(20)24)14-22(21)36-30-10-7-29(8-11-30,9-12-30)27(40)37(3)4/h5-6,13-14,16-17,25,41H,7-12,18H2,1-4H3,(H,33,36)(H,34,39)/t25-,29?,30?/m1/s1/i3D3,4D3. The number of hydrogen-bond acceptors (Lipinski definition) is 7. The zero-order valence-electron chi connectivity index (χ0n) is 28.9. The smallest absolute Gasteiger partial charge is 0.255 e. The molecule has 0 radical (unpaired) electrons. The zero-order chi connectivity index (χ0) is 34.6. The SMILES string of the molecule is [2H]C([2H])([2H])N(C(=O)C12CCC(Nc3cc(-c4ccc5cc(C#N)cnn45)ncc3C(=O)NC[C@@H](F)C(C)(C)O)(CC1)CC2)C([2H])([2H])[2H]. The molecule has 3 aromatic heterocycles. The van der Waals surface area contributed by atoms with Crippen LogP contribution in [-0.2, 0) is 4.79 Å². The molecule has 0 aromatic carbocycles. The molecule has 0 unspecified atom stereocenters. The number of nitrogens with zero attached hydrogens (tertiary/aromatic N) is 5. The monoisotopic (exact) mass is 567 g/mol. The molecule has 3 aliphatic carbocycles. The van der Waals surface area contributed by atoms with E-state index in [1.807, 2.05) is 6.07 Å². The fourth-order valence-corrected chi connectivity index (χ4v) is 5.88. The molecule has 2 amide bonds. The lowest BCUT2D eigenvalue weighted by atomic mass is 9.56. The van der Waals surface area contributed by atoms with Crippen molar-refractivity contribution in [3.05, 3.63) is 47.8 Å². The van der Waals surface area contributed by atoms with E-state index in [9.17, 15) is 24.3 Å². The summed E-state index contributed by atoms with van der Waals surface area (Å²) in [4.78, 5) is 31.5. The third-order valence-corrected chi connectivity index (χ3v) is 8.55. The number of halogens is 1. The second kappa shape index (κ2) is 10.4. The zero-order valence-corrected chi connectivity index (χ0v) is 22.9. The molecular formula is C30H36FN7O3. The van der Waals surface area contributed by atoms with Crippen molar-refractivity contribution in [2.45, 2.75) is 69.7 Å². The van der Waals surface area contributed by atoms with Crippen LogP contribution in [0.3, 0.4) is 0 Å². The van der Waals surface area contributed by atoms with Crippen LogP contribution in [-0.4, -0.2) is 74.2 Å². The minimum Gasteiger partial charge on any atom is -0.387 e. The number of amides is 2. The van der Waals surface area contributed by atoms with Crippen molar-refractivity contribution >= 4 is 23.0 Å². The lowest BCUT2D eigenvalue weighted by molar-refractivity contribution is -0.145. The number of hydrogen-bond donors (Lipinski definition) is 3. The summed E-state index contributed by atoms with van der Waals surface area (Å²) < 4.78 is 62.5. The molecule has 0 spiro atoms. The average Bonchev–Trinajstić information content (AvgIpc) is 3.41. The maximum absolute atomic E-state index is 14.5. The Balaban J connectivity index is 1.46. The number of nitriles is 1. The highest BCUT2D eigenvalue weighted by molar-refractivity contribution is 6.00. The van der Waals surface area contributed by atoms with Gasteiger partial charge >= 0.3 is 0 Å². The van der Waals surface area contributed by atoms with Gasteiger partial charge in [0.1, 0.15) is 12.2 Å². The first kappa shape index (κ1) is 21.7. The number of carbonyl (C=O) groups excluding carboxylic acids is 2. The van der Waals surface area contributed by atoms with Crippen LogP contribution in [0.4, 0.5) is 10.1 Å². The molecular weight excluding hydrogens is 525 g/mol. The third kappa shape index (κ3) is 5.36. The first-order chi connectivity index (χ1) is 21.8. The molecule has 3 aliphatic rings. The number of aliphatic hydroxyl groups is 1. The van der Waals surface area contributed by atoms with Gasteiger partial charge in [-0.1, -0.05) is 0 Å². The van der Waals surface area contributed by atoms with Crippen LogP contribution in [0.25, 0.3) is 16.9 Å². The Morgan fingerprint density at radius 1 is 1.22 bits per heavy atom. The summed E-state index contributed by atoms with van der Waals surface area (Å²) in [5, 5.41) is 29.6. The number of rotatable bonds is 8. The van der Waals surface area contributed by atoms with E-state index < -0.39 is 55.0 Å². The number of nitrogens with one attached hydrogen (secondary N) is 2. The van der Waals surface area contributed by atoms with Gasteiger partial charge in [0, 0.05) is 39.3 Å². The summed E-state index contributed by atoms with van der Waals surface area (Å²) in [7, 11) is 0. The van der Waals surface area contributed by atoms with E-state index in [-0.39, 0.29) is 29.7 Å². The molecule has 11 heteroatoms. The summed E-state index contributed by atoms with van der Waals surface area (Å²) in [5.74, 6) is -1.54. The van der Waals surface area contributed by atoms with Crippen molar-refractivity contribution in [1.82, 2.24) is 24.8 Å². The summed E-state index contributed by atoms with van der Waals surface area (Å²) in [6, 6.07) is 8.93. The highest BCUT2D eigenvalue weighted by Gasteiger charge is 2.53. The third-order valence-electron chi connectivity index (χ3n) is 8.55. The van der Waals surface area contributed by atoms with E-state index in [0.717, 1.165) is 0 Å². The van der Waals surface area contributed by atoms with Crippen molar-refractivity contribution in [2.75, 3.05) is 25.8 Å². The maximum atomic E-state index is 14.5. The second-order valence-electron chi connectivity index (χ2n) is 11.7. The molecule has 3 fully saturated rings. The van der Waals surface area contributed by atoms with Crippen molar-refractivity contribution < 1.29 is 27.3 Å². The summed E-state index contributed by atoms with van der Waals surface area (Å²) in [5.41, 5.74) is -0.880. The number of fused-ring (bicyclic) bond motifs is 4. The molecule has 0 aliphatic heterocycles. The van der Waals surface area contributed by atoms with Crippen molar-refractivity contribution in [2.24, 2.45) is 5.41 Å². The van der Waals surface area contributed by atoms with Crippen LogP contribution in [0.1, 0.15) is 76.5 Å². The Labute approximate surface area is 247 Å². The largest absolute Gasteiger partial charge is 0.387 e. The topological polar surface area (TPSA) is 136 Å². The van der Waals surface area contributed by atoms with Gasteiger partial charge in [0.2, 0.25) is 5.91 Å². The van der Waals surface area contributed by atoms with E-state index >= 15 is 0 Å². The highest BCUT2D eigenvalue weighted by atomic mass is 19.1. The molecule has 10 nitrogen and oxygen atoms in total. The molecule has 41 heavy (non-hydrogen) atoms. The van der Waals surface area contributed by atoms with Crippen LogP contribution >= 0.6 is 0 Å². The van der Waals surface area contributed by atoms with Gasteiger partial charge in [-0.15, -0.1) is 0 Å². The molecule has 2 bridgehead atoms. The van der Waals surface area contributed by atoms with Gasteiger partial charge < -0.3 is 20.6 Å². The Morgan fingerprint density at radius 3 is 2.56 bits per heavy atom. The molecule has 3 aromatic rings. The predicted molar refractivity (Wildman–Crippen MR) is 152 cm³/mol. The first-order valence-corrected chi connectivity index (χ1v) is 13.4. The molecule has 3 heterocycles. The second-order valence-corrected chi connectivity index (χ2v) is 11.7. The predicted octanol–water partition coefficient (Wildman–Crippen LogP) is 3.70. The van der Waals surface area contributed by atoms with Gasteiger partial charge in [-0.3, -0.25) is 14.6 Å². The fourth-order valence-electron chi connectivity index (χ4n) is 5.88. The summed E-state index contributed by atoms with van der Waals surface area (Å²) >= 11 is 0. The lowest BCUT2D eigenvalue weighted by Gasteiger charge is -2.53. The lowest BCUT2D eigenvalue weighted by Crippen LogP contribution is -2.55. The van der Waals surface area contributed by atoms with Crippen molar-refractivity contribution in [3.8, 4) is 17.5 Å². The Hall–Kier alpha value is -4.04. The first-order valence-electron chi connectivity index (χ1n) is 16.4. The number of alkyl halides is 1. The summed E-state index contributed by atoms with van der Waals surface area (Å²) in [6.07, 6.45) is 2.94. The van der Waals surface area contributed by atoms with Crippen LogP contribution in [0.5, 0.6) is 0 Å². The number of aromatic nitrogens is 3. The normalized spacial score (nSPS) is 25.4. The molecule has 6 rings (SSSR count).